The van der Waals surface area contributed by atoms with Crippen LogP contribution >= 0.6 is 0 Å². The van der Waals surface area contributed by atoms with E-state index in [4.69, 9.17) is 15.0 Å². The summed E-state index contributed by atoms with van der Waals surface area (Å²) in [5, 5.41) is 13.2. The van der Waals surface area contributed by atoms with Gasteiger partial charge in [-0.05, 0) is 12.8 Å². The summed E-state index contributed by atoms with van der Waals surface area (Å²) in [6.07, 6.45) is 1.14. The number of nitrogens with two attached hydrogens (primary N) is 1. The Labute approximate surface area is 87.4 Å². The molecule has 1 aromatic rings. The summed E-state index contributed by atoms with van der Waals surface area (Å²) in [5.41, 5.74) is 5.29. The molecular formula is C9H15N3O3. The summed E-state index contributed by atoms with van der Waals surface area (Å²) in [7, 11) is 0. The summed E-state index contributed by atoms with van der Waals surface area (Å²) in [6.45, 7) is 1.51. The number of rotatable bonds is 3. The van der Waals surface area contributed by atoms with Crippen LogP contribution in [0.5, 0.6) is 0 Å². The van der Waals surface area contributed by atoms with Gasteiger partial charge in [0.2, 0.25) is 0 Å². The average molecular weight is 213 g/mol. The van der Waals surface area contributed by atoms with Crippen LogP contribution in [0.4, 0.5) is 0 Å². The van der Waals surface area contributed by atoms with Gasteiger partial charge < -0.3 is 20.1 Å². The Bertz CT molecular complexity index is 309. The molecular weight excluding hydrogens is 198 g/mol. The first kappa shape index (κ1) is 10.5. The van der Waals surface area contributed by atoms with Gasteiger partial charge in [-0.25, -0.2) is 0 Å². The van der Waals surface area contributed by atoms with Crippen LogP contribution in [0.25, 0.3) is 0 Å². The van der Waals surface area contributed by atoms with Crippen LogP contribution in [-0.2, 0) is 4.74 Å². The Morgan fingerprint density at radius 1 is 1.60 bits per heavy atom. The summed E-state index contributed by atoms with van der Waals surface area (Å²) in [6, 6.07) is 0. The summed E-state index contributed by atoms with van der Waals surface area (Å²) < 4.78 is 10.2. The maximum atomic E-state index is 9.39. The van der Waals surface area contributed by atoms with Crippen molar-refractivity contribution < 1.29 is 14.4 Å². The van der Waals surface area contributed by atoms with Crippen molar-refractivity contribution in [2.24, 2.45) is 5.73 Å². The molecule has 1 saturated heterocycles. The van der Waals surface area contributed by atoms with Crippen LogP contribution in [0, 0.1) is 0 Å². The van der Waals surface area contributed by atoms with E-state index in [-0.39, 0.29) is 18.4 Å². The van der Waals surface area contributed by atoms with Crippen molar-refractivity contribution in [2.45, 2.75) is 24.9 Å². The fourth-order valence-electron chi connectivity index (χ4n) is 1.59. The molecule has 3 N–H and O–H groups in total. The lowest BCUT2D eigenvalue weighted by molar-refractivity contribution is 0.0773. The van der Waals surface area contributed by atoms with Gasteiger partial charge in [0.1, 0.15) is 6.10 Å². The molecule has 6 heteroatoms. The van der Waals surface area contributed by atoms with Crippen molar-refractivity contribution in [2.75, 3.05) is 19.8 Å². The van der Waals surface area contributed by atoms with Crippen molar-refractivity contribution in [1.29, 1.82) is 0 Å². The normalized spacial score (nSPS) is 24.0. The molecule has 0 saturated carbocycles. The maximum Gasteiger partial charge on any atom is 0.256 e. The van der Waals surface area contributed by atoms with Gasteiger partial charge >= 0.3 is 0 Å². The zero-order valence-electron chi connectivity index (χ0n) is 8.43. The number of aromatic nitrogens is 2. The predicted octanol–water partition coefficient (Wildman–Crippen LogP) is -0.0443. The molecule has 15 heavy (non-hydrogen) atoms. The fourth-order valence-corrected chi connectivity index (χ4v) is 1.59. The molecule has 2 atom stereocenters. The van der Waals surface area contributed by atoms with Crippen molar-refractivity contribution in [3.8, 4) is 0 Å². The number of aliphatic hydroxyl groups excluding tert-OH is 1. The number of ether oxygens (including phenoxy) is 1. The fraction of sp³-hybridized carbons (Fsp3) is 0.778. The Balaban J connectivity index is 2.05. The van der Waals surface area contributed by atoms with Gasteiger partial charge in [-0.15, -0.1) is 0 Å². The average Bonchev–Trinajstić information content (AvgIpc) is 2.78. The minimum absolute atomic E-state index is 0.0861. The van der Waals surface area contributed by atoms with Crippen LogP contribution in [0.3, 0.4) is 0 Å². The number of aliphatic hydroxyl groups is 1. The number of hydrogen-bond acceptors (Lipinski definition) is 6. The van der Waals surface area contributed by atoms with Gasteiger partial charge in [-0.1, -0.05) is 5.16 Å². The molecule has 1 aliphatic heterocycles. The molecule has 2 heterocycles. The minimum Gasteiger partial charge on any atom is -0.382 e. The van der Waals surface area contributed by atoms with Gasteiger partial charge in [0.25, 0.3) is 5.89 Å². The lowest BCUT2D eigenvalue weighted by Crippen LogP contribution is -2.17. The molecule has 84 valence electrons. The van der Waals surface area contributed by atoms with E-state index >= 15 is 0 Å². The van der Waals surface area contributed by atoms with Gasteiger partial charge in [-0.3, -0.25) is 0 Å². The first-order chi connectivity index (χ1) is 7.31. The van der Waals surface area contributed by atoms with Crippen LogP contribution in [-0.4, -0.2) is 35.0 Å². The molecule has 2 unspecified atom stereocenters. The van der Waals surface area contributed by atoms with Crippen LogP contribution in [0.2, 0.25) is 0 Å². The second-order valence-corrected chi connectivity index (χ2v) is 3.66. The highest BCUT2D eigenvalue weighted by molar-refractivity contribution is 4.98. The van der Waals surface area contributed by atoms with Gasteiger partial charge in [0, 0.05) is 19.1 Å². The van der Waals surface area contributed by atoms with E-state index in [0.717, 1.165) is 19.4 Å². The standard InChI is InChI=1S/C9H15N3O3/c10-4-7(13)9-11-8(12-15-9)6-2-1-3-14-5-6/h6-7,13H,1-5,10H2. The molecule has 6 nitrogen and oxygen atoms in total. The third-order valence-electron chi connectivity index (χ3n) is 2.49. The molecule has 2 rings (SSSR count). The minimum atomic E-state index is -0.865. The van der Waals surface area contributed by atoms with E-state index in [0.29, 0.717) is 12.4 Å². The van der Waals surface area contributed by atoms with Crippen LogP contribution < -0.4 is 5.73 Å². The SMILES string of the molecule is NCC(O)c1nc(C2CCCOC2)no1. The predicted molar refractivity (Wildman–Crippen MR) is 51.1 cm³/mol. The van der Waals surface area contributed by atoms with Crippen molar-refractivity contribution in [1.82, 2.24) is 10.1 Å². The summed E-state index contributed by atoms with van der Waals surface area (Å²) in [5.74, 6) is 0.983. The molecule has 0 aromatic carbocycles. The highest BCUT2D eigenvalue weighted by Gasteiger charge is 2.23. The Morgan fingerprint density at radius 3 is 3.13 bits per heavy atom. The van der Waals surface area contributed by atoms with E-state index in [1.54, 1.807) is 0 Å². The van der Waals surface area contributed by atoms with Crippen LogP contribution in [0.15, 0.2) is 4.52 Å². The smallest absolute Gasteiger partial charge is 0.256 e. The number of nitrogens with zero attached hydrogens (tertiary/aromatic N) is 2. The van der Waals surface area contributed by atoms with E-state index in [2.05, 4.69) is 10.1 Å². The summed E-state index contributed by atoms with van der Waals surface area (Å²) >= 11 is 0. The zero-order valence-corrected chi connectivity index (χ0v) is 8.43. The van der Waals surface area contributed by atoms with Gasteiger partial charge in [0.15, 0.2) is 5.82 Å². The molecule has 0 spiro atoms. The lowest BCUT2D eigenvalue weighted by atomic mass is 10.0. The first-order valence-electron chi connectivity index (χ1n) is 5.10. The highest BCUT2D eigenvalue weighted by atomic mass is 16.5. The van der Waals surface area contributed by atoms with E-state index in [1.165, 1.54) is 0 Å². The second-order valence-electron chi connectivity index (χ2n) is 3.66. The van der Waals surface area contributed by atoms with E-state index in [1.807, 2.05) is 0 Å². The van der Waals surface area contributed by atoms with Crippen molar-refractivity contribution in [3.63, 3.8) is 0 Å². The summed E-state index contributed by atoms with van der Waals surface area (Å²) in [4.78, 5) is 4.12. The number of hydrogen-bond donors (Lipinski definition) is 2. The van der Waals surface area contributed by atoms with Gasteiger partial charge in [0.05, 0.1) is 6.61 Å². The van der Waals surface area contributed by atoms with Crippen molar-refractivity contribution in [3.05, 3.63) is 11.7 Å². The van der Waals surface area contributed by atoms with E-state index in [9.17, 15) is 5.11 Å². The maximum absolute atomic E-state index is 9.39. The Morgan fingerprint density at radius 2 is 2.47 bits per heavy atom. The van der Waals surface area contributed by atoms with Crippen LogP contribution in [0.1, 0.15) is 36.6 Å². The molecule has 0 bridgehead atoms. The quantitative estimate of drug-likeness (QED) is 0.731. The first-order valence-corrected chi connectivity index (χ1v) is 5.10. The second kappa shape index (κ2) is 4.69. The highest BCUT2D eigenvalue weighted by Crippen LogP contribution is 2.23. The topological polar surface area (TPSA) is 94.4 Å². The monoisotopic (exact) mass is 213 g/mol. The van der Waals surface area contributed by atoms with E-state index < -0.39 is 6.10 Å². The third-order valence-corrected chi connectivity index (χ3v) is 2.49. The third kappa shape index (κ3) is 2.34. The zero-order chi connectivity index (χ0) is 10.7. The Kier molecular flexibility index (Phi) is 3.30. The molecule has 0 aliphatic carbocycles. The Hall–Kier alpha value is -0.980. The van der Waals surface area contributed by atoms with Crippen molar-refractivity contribution >= 4 is 0 Å². The largest absolute Gasteiger partial charge is 0.382 e. The molecule has 1 aliphatic rings. The molecule has 1 aromatic heterocycles. The lowest BCUT2D eigenvalue weighted by Gasteiger charge is -2.18. The molecule has 0 radical (unpaired) electrons. The van der Waals surface area contributed by atoms with Gasteiger partial charge in [-0.2, -0.15) is 4.98 Å². The molecule has 0 amide bonds. The molecule has 1 fully saturated rings.